The van der Waals surface area contributed by atoms with Crippen LogP contribution in [0.5, 0.6) is 0 Å². The molecule has 2 atom stereocenters. The molecule has 33 heavy (non-hydrogen) atoms. The van der Waals surface area contributed by atoms with E-state index in [1.54, 1.807) is 17.1 Å². The number of amides is 1. The molecule has 0 unspecified atom stereocenters. The average molecular weight is 458 g/mol. The number of halogens is 3. The first-order chi connectivity index (χ1) is 15.7. The van der Waals surface area contributed by atoms with E-state index in [0.717, 1.165) is 30.2 Å². The van der Waals surface area contributed by atoms with Crippen molar-refractivity contribution in [3.63, 3.8) is 0 Å². The van der Waals surface area contributed by atoms with Crippen molar-refractivity contribution in [1.82, 2.24) is 24.9 Å². The van der Waals surface area contributed by atoms with E-state index in [1.807, 2.05) is 36.1 Å². The number of likely N-dealkylation sites (tertiary alicyclic amines) is 1. The zero-order valence-electron chi connectivity index (χ0n) is 18.6. The van der Waals surface area contributed by atoms with E-state index >= 15 is 0 Å². The number of benzene rings is 1. The maximum absolute atomic E-state index is 13.7. The second kappa shape index (κ2) is 9.33. The molecule has 4 rings (SSSR count). The first-order valence-corrected chi connectivity index (χ1v) is 11.1. The summed E-state index contributed by atoms with van der Waals surface area (Å²) in [7, 11) is 0. The van der Waals surface area contributed by atoms with E-state index in [0.29, 0.717) is 30.6 Å². The highest BCUT2D eigenvalue weighted by Crippen LogP contribution is 2.30. The van der Waals surface area contributed by atoms with Gasteiger partial charge in [-0.2, -0.15) is 23.4 Å². The number of aromatic nitrogens is 4. The van der Waals surface area contributed by atoms with Crippen molar-refractivity contribution in [2.24, 2.45) is 5.92 Å². The Morgan fingerprint density at radius 1 is 1.18 bits per heavy atom. The topological polar surface area (TPSA) is 63.9 Å². The lowest BCUT2D eigenvalue weighted by molar-refractivity contribution is -0.141. The van der Waals surface area contributed by atoms with Gasteiger partial charge in [0.05, 0.1) is 16.9 Å². The minimum atomic E-state index is -4.51. The monoisotopic (exact) mass is 457 g/mol. The molecule has 174 valence electrons. The molecule has 1 saturated heterocycles. The predicted octanol–water partition coefficient (Wildman–Crippen LogP) is 4.86. The van der Waals surface area contributed by atoms with Crippen molar-refractivity contribution in [3.8, 4) is 5.69 Å². The molecule has 9 heteroatoms. The van der Waals surface area contributed by atoms with E-state index < -0.39 is 11.9 Å². The van der Waals surface area contributed by atoms with Gasteiger partial charge in [0, 0.05) is 25.0 Å². The fraction of sp³-hybridized carbons (Fsp3) is 0.417. The number of rotatable bonds is 5. The molecule has 0 radical (unpaired) electrons. The Bertz CT molecular complexity index is 1100. The summed E-state index contributed by atoms with van der Waals surface area (Å²) in [5.41, 5.74) is 1.78. The zero-order valence-corrected chi connectivity index (χ0v) is 18.6. The maximum Gasteiger partial charge on any atom is 0.435 e. The van der Waals surface area contributed by atoms with Gasteiger partial charge in [0.2, 0.25) is 0 Å². The molecule has 0 saturated carbocycles. The number of aryl methyl sites for hydroxylation is 2. The van der Waals surface area contributed by atoms with Crippen LogP contribution in [0.2, 0.25) is 0 Å². The lowest BCUT2D eigenvalue weighted by atomic mass is 9.86. The normalized spacial score (nSPS) is 19.0. The summed E-state index contributed by atoms with van der Waals surface area (Å²) in [6, 6.07) is 9.83. The SMILES string of the molecule is Cc1ccc(-n2cccn2)c(C(=O)N2CCC[C@@H](C)[C@H]2CCc2ccc(C(F)(F)F)nn2)c1. The van der Waals surface area contributed by atoms with Crippen molar-refractivity contribution in [2.45, 2.75) is 51.7 Å². The first kappa shape index (κ1) is 22.9. The van der Waals surface area contributed by atoms with Crippen LogP contribution in [0.1, 0.15) is 53.5 Å². The molecule has 2 aromatic heterocycles. The average Bonchev–Trinajstić information content (AvgIpc) is 3.32. The van der Waals surface area contributed by atoms with Crippen molar-refractivity contribution >= 4 is 5.91 Å². The molecule has 1 amide bonds. The Labute approximate surface area is 190 Å². The third-order valence-corrected chi connectivity index (χ3v) is 6.22. The summed E-state index contributed by atoms with van der Waals surface area (Å²) in [6.07, 6.45) is 1.93. The molecule has 3 heterocycles. The predicted molar refractivity (Wildman–Crippen MR) is 117 cm³/mol. The van der Waals surface area contributed by atoms with E-state index in [4.69, 9.17) is 0 Å². The molecule has 1 fully saturated rings. The molecule has 0 bridgehead atoms. The van der Waals surface area contributed by atoms with Gasteiger partial charge in [0.1, 0.15) is 0 Å². The summed E-state index contributed by atoms with van der Waals surface area (Å²) in [4.78, 5) is 15.6. The smallest absolute Gasteiger partial charge is 0.335 e. The Morgan fingerprint density at radius 2 is 2.00 bits per heavy atom. The summed E-state index contributed by atoms with van der Waals surface area (Å²) < 4.78 is 40.0. The van der Waals surface area contributed by atoms with Gasteiger partial charge in [0.25, 0.3) is 5.91 Å². The molecule has 6 nitrogen and oxygen atoms in total. The van der Waals surface area contributed by atoms with Gasteiger partial charge in [-0.25, -0.2) is 4.68 Å². The summed E-state index contributed by atoms with van der Waals surface area (Å²) >= 11 is 0. The highest BCUT2D eigenvalue weighted by Gasteiger charge is 2.34. The van der Waals surface area contributed by atoms with Crippen LogP contribution >= 0.6 is 0 Å². The minimum absolute atomic E-state index is 0.0404. The Hall–Kier alpha value is -3.23. The van der Waals surface area contributed by atoms with Gasteiger partial charge in [-0.3, -0.25) is 4.79 Å². The van der Waals surface area contributed by atoms with Gasteiger partial charge >= 0.3 is 6.18 Å². The molecule has 1 aliphatic rings. The number of hydrogen-bond donors (Lipinski definition) is 0. The fourth-order valence-electron chi connectivity index (χ4n) is 4.47. The lowest BCUT2D eigenvalue weighted by Gasteiger charge is -2.40. The van der Waals surface area contributed by atoms with Crippen molar-refractivity contribution in [2.75, 3.05) is 6.54 Å². The van der Waals surface area contributed by atoms with Gasteiger partial charge in [-0.15, -0.1) is 5.10 Å². The van der Waals surface area contributed by atoms with Gasteiger partial charge in [0.15, 0.2) is 5.69 Å². The molecule has 3 aromatic rings. The second-order valence-electron chi connectivity index (χ2n) is 8.60. The van der Waals surface area contributed by atoms with Crippen LogP contribution in [-0.2, 0) is 12.6 Å². The Balaban J connectivity index is 1.55. The van der Waals surface area contributed by atoms with E-state index in [9.17, 15) is 18.0 Å². The Kier molecular flexibility index (Phi) is 6.49. The molecule has 0 N–H and O–H groups in total. The van der Waals surface area contributed by atoms with Crippen LogP contribution in [0.25, 0.3) is 5.69 Å². The summed E-state index contributed by atoms with van der Waals surface area (Å²) in [6.45, 7) is 4.70. The third kappa shape index (κ3) is 5.07. The van der Waals surface area contributed by atoms with E-state index in [2.05, 4.69) is 22.2 Å². The molecule has 0 aliphatic carbocycles. The number of alkyl halides is 3. The van der Waals surface area contributed by atoms with Crippen LogP contribution in [-0.4, -0.2) is 43.4 Å². The highest BCUT2D eigenvalue weighted by atomic mass is 19.4. The van der Waals surface area contributed by atoms with Crippen LogP contribution in [0.15, 0.2) is 48.8 Å². The number of hydrogen-bond acceptors (Lipinski definition) is 4. The zero-order chi connectivity index (χ0) is 23.6. The van der Waals surface area contributed by atoms with E-state index in [-0.39, 0.29) is 17.9 Å². The standard InChI is InChI=1S/C24H26F3N5O/c1-16-6-9-21(32-14-4-12-28-32)19(15-16)23(33)31-13-3-5-17(2)20(31)10-7-18-8-11-22(30-29-18)24(25,26)27/h4,6,8-9,11-12,14-15,17,20H,3,5,7,10,13H2,1-2H3/t17-,20-/m1/s1. The van der Waals surface area contributed by atoms with Crippen molar-refractivity contribution < 1.29 is 18.0 Å². The lowest BCUT2D eigenvalue weighted by Crippen LogP contribution is -2.48. The minimum Gasteiger partial charge on any atom is -0.335 e. The van der Waals surface area contributed by atoms with Crippen molar-refractivity contribution in [1.29, 1.82) is 0 Å². The quantitative estimate of drug-likeness (QED) is 0.549. The number of carbonyl (C=O) groups excluding carboxylic acids is 1. The fourth-order valence-corrected chi connectivity index (χ4v) is 4.47. The number of nitrogens with zero attached hydrogens (tertiary/aromatic N) is 5. The Morgan fingerprint density at radius 3 is 2.67 bits per heavy atom. The van der Waals surface area contributed by atoms with Crippen LogP contribution < -0.4 is 0 Å². The molecular formula is C24H26F3N5O. The largest absolute Gasteiger partial charge is 0.435 e. The van der Waals surface area contributed by atoms with E-state index in [1.165, 1.54) is 6.07 Å². The number of piperidine rings is 1. The molecule has 1 aromatic carbocycles. The maximum atomic E-state index is 13.7. The molecule has 1 aliphatic heterocycles. The second-order valence-corrected chi connectivity index (χ2v) is 8.60. The molecule has 0 spiro atoms. The van der Waals surface area contributed by atoms with Gasteiger partial charge in [-0.05, 0) is 68.9 Å². The number of carbonyl (C=O) groups is 1. The first-order valence-electron chi connectivity index (χ1n) is 11.1. The van der Waals surface area contributed by atoms with Crippen LogP contribution in [0, 0.1) is 12.8 Å². The highest BCUT2D eigenvalue weighted by molar-refractivity contribution is 5.98. The van der Waals surface area contributed by atoms with Gasteiger partial charge < -0.3 is 4.90 Å². The van der Waals surface area contributed by atoms with Gasteiger partial charge in [-0.1, -0.05) is 18.6 Å². The van der Waals surface area contributed by atoms with Crippen molar-refractivity contribution in [3.05, 3.63) is 71.3 Å². The molecular weight excluding hydrogens is 431 g/mol. The third-order valence-electron chi connectivity index (χ3n) is 6.22. The summed E-state index contributed by atoms with van der Waals surface area (Å²) in [5.74, 6) is 0.210. The van der Waals surface area contributed by atoms with Crippen LogP contribution in [0.3, 0.4) is 0 Å². The summed E-state index contributed by atoms with van der Waals surface area (Å²) in [5, 5.41) is 11.4. The van der Waals surface area contributed by atoms with Crippen LogP contribution in [0.4, 0.5) is 13.2 Å².